The first-order valence-corrected chi connectivity index (χ1v) is 6.86. The molecule has 0 unspecified atom stereocenters. The van der Waals surface area contributed by atoms with E-state index in [0.29, 0.717) is 5.56 Å². The van der Waals surface area contributed by atoms with Crippen LogP contribution in [0.25, 0.3) is 10.8 Å². The Labute approximate surface area is 125 Å². The number of aromatic nitrogens is 1. The number of pyridine rings is 1. The van der Waals surface area contributed by atoms with E-state index in [1.165, 1.54) is 5.39 Å². The first-order valence-electron chi connectivity index (χ1n) is 6.07. The van der Waals surface area contributed by atoms with Crippen molar-refractivity contribution in [3.8, 4) is 6.07 Å². The SMILES string of the molecule is N#Cc1ccc(Nc2ccc3cc(Br)ccc3c2)nc1. The molecule has 3 nitrogen and oxygen atoms in total. The molecule has 0 amide bonds. The van der Waals surface area contributed by atoms with Gasteiger partial charge in [0.15, 0.2) is 0 Å². The molecular formula is C16H10BrN3. The van der Waals surface area contributed by atoms with E-state index in [2.05, 4.69) is 56.6 Å². The van der Waals surface area contributed by atoms with Gasteiger partial charge in [0, 0.05) is 16.4 Å². The molecule has 1 N–H and O–H groups in total. The Hall–Kier alpha value is -2.38. The monoisotopic (exact) mass is 323 g/mol. The lowest BCUT2D eigenvalue weighted by Gasteiger charge is -2.07. The molecule has 4 heteroatoms. The van der Waals surface area contributed by atoms with Gasteiger partial charge in [0.05, 0.1) is 5.56 Å². The van der Waals surface area contributed by atoms with Gasteiger partial charge in [-0.3, -0.25) is 0 Å². The molecular weight excluding hydrogens is 314 g/mol. The Morgan fingerprint density at radius 2 is 1.80 bits per heavy atom. The van der Waals surface area contributed by atoms with E-state index in [0.717, 1.165) is 21.4 Å². The van der Waals surface area contributed by atoms with Crippen molar-refractivity contribution in [2.24, 2.45) is 0 Å². The molecule has 0 saturated carbocycles. The van der Waals surface area contributed by atoms with Gasteiger partial charge in [-0.05, 0) is 47.2 Å². The van der Waals surface area contributed by atoms with Crippen molar-refractivity contribution in [1.82, 2.24) is 4.98 Å². The zero-order valence-electron chi connectivity index (χ0n) is 10.5. The van der Waals surface area contributed by atoms with Crippen LogP contribution in [0.1, 0.15) is 5.56 Å². The number of nitriles is 1. The summed E-state index contributed by atoms with van der Waals surface area (Å²) >= 11 is 3.47. The van der Waals surface area contributed by atoms with Crippen LogP contribution in [0.5, 0.6) is 0 Å². The van der Waals surface area contributed by atoms with Crippen molar-refractivity contribution in [2.45, 2.75) is 0 Å². The maximum absolute atomic E-state index is 8.74. The lowest BCUT2D eigenvalue weighted by molar-refractivity contribution is 1.29. The zero-order chi connectivity index (χ0) is 13.9. The molecule has 0 saturated heterocycles. The number of benzene rings is 2. The minimum absolute atomic E-state index is 0.555. The van der Waals surface area contributed by atoms with Crippen LogP contribution < -0.4 is 5.32 Å². The fourth-order valence-electron chi connectivity index (χ4n) is 1.98. The molecule has 1 heterocycles. The van der Waals surface area contributed by atoms with Crippen molar-refractivity contribution >= 4 is 38.2 Å². The largest absolute Gasteiger partial charge is 0.340 e. The van der Waals surface area contributed by atoms with E-state index in [4.69, 9.17) is 5.26 Å². The summed E-state index contributed by atoms with van der Waals surface area (Å²) in [4.78, 5) is 4.20. The summed E-state index contributed by atoms with van der Waals surface area (Å²) in [6.45, 7) is 0. The number of halogens is 1. The minimum atomic E-state index is 0.555. The molecule has 0 bridgehead atoms. The number of hydrogen-bond donors (Lipinski definition) is 1. The van der Waals surface area contributed by atoms with Crippen molar-refractivity contribution in [3.05, 3.63) is 64.8 Å². The van der Waals surface area contributed by atoms with Crippen molar-refractivity contribution in [2.75, 3.05) is 5.32 Å². The van der Waals surface area contributed by atoms with E-state index in [-0.39, 0.29) is 0 Å². The molecule has 3 aromatic rings. The summed E-state index contributed by atoms with van der Waals surface area (Å²) < 4.78 is 1.07. The first-order chi connectivity index (χ1) is 9.74. The molecule has 0 fully saturated rings. The maximum atomic E-state index is 8.74. The maximum Gasteiger partial charge on any atom is 0.130 e. The third-order valence-electron chi connectivity index (χ3n) is 2.97. The van der Waals surface area contributed by atoms with Gasteiger partial charge in [-0.15, -0.1) is 0 Å². The summed E-state index contributed by atoms with van der Waals surface area (Å²) in [5.41, 5.74) is 1.52. The van der Waals surface area contributed by atoms with Gasteiger partial charge in [0.2, 0.25) is 0 Å². The third kappa shape index (κ3) is 2.63. The van der Waals surface area contributed by atoms with E-state index in [1.807, 2.05) is 12.1 Å². The lowest BCUT2D eigenvalue weighted by Crippen LogP contribution is -1.93. The van der Waals surface area contributed by atoms with Gasteiger partial charge < -0.3 is 5.32 Å². The van der Waals surface area contributed by atoms with Crippen LogP contribution in [0.3, 0.4) is 0 Å². The topological polar surface area (TPSA) is 48.7 Å². The summed E-state index contributed by atoms with van der Waals surface area (Å²) in [7, 11) is 0. The summed E-state index contributed by atoms with van der Waals surface area (Å²) in [6.07, 6.45) is 1.56. The Kier molecular flexibility index (Phi) is 3.36. The Morgan fingerprint density at radius 1 is 1.00 bits per heavy atom. The van der Waals surface area contributed by atoms with E-state index in [1.54, 1.807) is 18.3 Å². The van der Waals surface area contributed by atoms with Crippen LogP contribution >= 0.6 is 15.9 Å². The van der Waals surface area contributed by atoms with Crippen molar-refractivity contribution in [3.63, 3.8) is 0 Å². The summed E-state index contributed by atoms with van der Waals surface area (Å²) in [5.74, 6) is 0.723. The van der Waals surface area contributed by atoms with Crippen LogP contribution in [-0.4, -0.2) is 4.98 Å². The Balaban J connectivity index is 1.90. The van der Waals surface area contributed by atoms with Gasteiger partial charge in [0.25, 0.3) is 0 Å². The summed E-state index contributed by atoms with van der Waals surface area (Å²) in [6, 6.07) is 17.9. The second-order valence-electron chi connectivity index (χ2n) is 4.38. The number of nitrogens with zero attached hydrogens (tertiary/aromatic N) is 2. The van der Waals surface area contributed by atoms with Gasteiger partial charge in [0.1, 0.15) is 11.9 Å². The average molecular weight is 324 g/mol. The predicted molar refractivity (Wildman–Crippen MR) is 83.9 cm³/mol. The highest BCUT2D eigenvalue weighted by atomic mass is 79.9. The molecule has 0 aliphatic carbocycles. The molecule has 2 aromatic carbocycles. The standard InChI is InChI=1S/C16H10BrN3/c17-14-4-2-13-8-15(5-3-12(13)7-14)20-16-6-1-11(9-18)10-19-16/h1-8,10H,(H,19,20). The highest BCUT2D eigenvalue weighted by molar-refractivity contribution is 9.10. The second kappa shape index (κ2) is 5.32. The molecule has 1 aromatic heterocycles. The smallest absolute Gasteiger partial charge is 0.130 e. The van der Waals surface area contributed by atoms with Crippen LogP contribution in [0.15, 0.2) is 59.2 Å². The quantitative estimate of drug-likeness (QED) is 0.749. The van der Waals surface area contributed by atoms with Crippen LogP contribution in [0, 0.1) is 11.3 Å². The second-order valence-corrected chi connectivity index (χ2v) is 5.29. The fraction of sp³-hybridized carbons (Fsp3) is 0. The van der Waals surface area contributed by atoms with Crippen LogP contribution in [-0.2, 0) is 0 Å². The molecule has 0 radical (unpaired) electrons. The van der Waals surface area contributed by atoms with Crippen LogP contribution in [0.4, 0.5) is 11.5 Å². The molecule has 20 heavy (non-hydrogen) atoms. The number of rotatable bonds is 2. The minimum Gasteiger partial charge on any atom is -0.340 e. The normalized spacial score (nSPS) is 10.2. The van der Waals surface area contributed by atoms with Gasteiger partial charge >= 0.3 is 0 Å². The molecule has 0 aliphatic heterocycles. The third-order valence-corrected chi connectivity index (χ3v) is 3.46. The molecule has 3 rings (SSSR count). The van der Waals surface area contributed by atoms with E-state index < -0.39 is 0 Å². The first kappa shape index (κ1) is 12.6. The highest BCUT2D eigenvalue weighted by Crippen LogP contribution is 2.24. The molecule has 0 spiro atoms. The van der Waals surface area contributed by atoms with Gasteiger partial charge in [-0.1, -0.05) is 28.1 Å². The van der Waals surface area contributed by atoms with Crippen molar-refractivity contribution < 1.29 is 0 Å². The molecule has 0 aliphatic rings. The summed E-state index contributed by atoms with van der Waals surface area (Å²) in [5, 5.41) is 14.3. The number of fused-ring (bicyclic) bond motifs is 1. The van der Waals surface area contributed by atoms with Gasteiger partial charge in [-0.25, -0.2) is 4.98 Å². The Bertz CT molecular complexity index is 804. The zero-order valence-corrected chi connectivity index (χ0v) is 12.1. The van der Waals surface area contributed by atoms with E-state index >= 15 is 0 Å². The van der Waals surface area contributed by atoms with Crippen molar-refractivity contribution in [1.29, 1.82) is 5.26 Å². The lowest BCUT2D eigenvalue weighted by atomic mass is 10.1. The fourth-order valence-corrected chi connectivity index (χ4v) is 2.35. The number of hydrogen-bond acceptors (Lipinski definition) is 3. The van der Waals surface area contributed by atoms with E-state index in [9.17, 15) is 0 Å². The number of anilines is 2. The Morgan fingerprint density at radius 3 is 2.55 bits per heavy atom. The molecule has 96 valence electrons. The number of nitrogens with one attached hydrogen (secondary N) is 1. The van der Waals surface area contributed by atoms with Gasteiger partial charge in [-0.2, -0.15) is 5.26 Å². The highest BCUT2D eigenvalue weighted by Gasteiger charge is 2.00. The predicted octanol–water partition coefficient (Wildman–Crippen LogP) is 4.61. The van der Waals surface area contributed by atoms with Crippen LogP contribution in [0.2, 0.25) is 0 Å². The average Bonchev–Trinajstić information content (AvgIpc) is 2.48. The molecule has 0 atom stereocenters.